The summed E-state index contributed by atoms with van der Waals surface area (Å²) >= 11 is 0. The SMILES string of the molecule is C[C@@H]1C=C2[C@H]3CC[C@@H](O)[C@@]3(C)CC[C@@H]2[C@@]2(C)CCC(=O)C=C12. The highest BCUT2D eigenvalue weighted by Gasteiger charge is 2.56. The summed E-state index contributed by atoms with van der Waals surface area (Å²) in [6.07, 6.45) is 10.4. The Morgan fingerprint density at radius 3 is 2.68 bits per heavy atom. The molecule has 0 aliphatic heterocycles. The van der Waals surface area contributed by atoms with E-state index in [0.717, 1.165) is 25.7 Å². The van der Waals surface area contributed by atoms with Gasteiger partial charge in [-0.3, -0.25) is 4.79 Å². The van der Waals surface area contributed by atoms with Crippen LogP contribution in [-0.2, 0) is 4.79 Å². The normalized spacial score (nSPS) is 50.6. The summed E-state index contributed by atoms with van der Waals surface area (Å²) in [5.41, 5.74) is 3.25. The van der Waals surface area contributed by atoms with E-state index in [4.69, 9.17) is 0 Å². The third-order valence-corrected chi connectivity index (χ3v) is 7.63. The van der Waals surface area contributed by atoms with Crippen molar-refractivity contribution in [3.8, 4) is 0 Å². The van der Waals surface area contributed by atoms with E-state index in [1.54, 1.807) is 5.57 Å². The minimum atomic E-state index is -0.132. The molecule has 22 heavy (non-hydrogen) atoms. The first-order valence-corrected chi connectivity index (χ1v) is 9.01. The van der Waals surface area contributed by atoms with E-state index in [1.165, 1.54) is 12.0 Å². The first-order valence-electron chi connectivity index (χ1n) is 9.01. The first kappa shape index (κ1) is 14.7. The van der Waals surface area contributed by atoms with Crippen LogP contribution in [-0.4, -0.2) is 17.0 Å². The maximum atomic E-state index is 11.9. The van der Waals surface area contributed by atoms with Crippen molar-refractivity contribution in [2.24, 2.45) is 28.6 Å². The van der Waals surface area contributed by atoms with E-state index in [9.17, 15) is 9.90 Å². The van der Waals surface area contributed by atoms with Gasteiger partial charge in [0.05, 0.1) is 6.10 Å². The Kier molecular flexibility index (Phi) is 3.05. The zero-order chi connectivity index (χ0) is 15.7. The molecule has 4 aliphatic carbocycles. The second-order valence-electron chi connectivity index (χ2n) is 8.68. The van der Waals surface area contributed by atoms with Gasteiger partial charge in [-0.15, -0.1) is 0 Å². The van der Waals surface area contributed by atoms with Gasteiger partial charge in [0.15, 0.2) is 5.78 Å². The molecule has 0 aromatic carbocycles. The molecule has 0 bridgehead atoms. The van der Waals surface area contributed by atoms with Gasteiger partial charge >= 0.3 is 0 Å². The molecule has 0 saturated heterocycles. The highest BCUT2D eigenvalue weighted by Crippen LogP contribution is 2.64. The molecule has 0 aromatic rings. The van der Waals surface area contributed by atoms with E-state index in [2.05, 4.69) is 26.8 Å². The number of fused-ring (bicyclic) bond motifs is 5. The van der Waals surface area contributed by atoms with Crippen molar-refractivity contribution >= 4 is 5.78 Å². The lowest BCUT2D eigenvalue weighted by atomic mass is 9.49. The lowest BCUT2D eigenvalue weighted by Crippen LogP contribution is -2.47. The predicted molar refractivity (Wildman–Crippen MR) is 87.2 cm³/mol. The van der Waals surface area contributed by atoms with E-state index in [1.807, 2.05) is 6.08 Å². The molecule has 4 rings (SSSR count). The standard InChI is InChI=1S/C20H28O2/c1-12-10-14-15-4-5-18(22)20(15,3)9-7-16(14)19(2)8-6-13(21)11-17(12)19/h10-12,15-16,18,22H,4-9H2,1-3H3/t12-,15-,16+,18-,19-,20+/m1/s1. The largest absolute Gasteiger partial charge is 0.393 e. The molecule has 1 N–H and O–H groups in total. The van der Waals surface area contributed by atoms with Crippen LogP contribution in [0.15, 0.2) is 23.3 Å². The van der Waals surface area contributed by atoms with Gasteiger partial charge in [-0.05, 0) is 61.3 Å². The fraction of sp³-hybridized carbons (Fsp3) is 0.750. The second-order valence-corrected chi connectivity index (χ2v) is 8.68. The molecule has 0 heterocycles. The van der Waals surface area contributed by atoms with Crippen molar-refractivity contribution in [3.63, 3.8) is 0 Å². The monoisotopic (exact) mass is 300 g/mol. The molecule has 0 amide bonds. The molecule has 120 valence electrons. The van der Waals surface area contributed by atoms with Gasteiger partial charge in [-0.2, -0.15) is 0 Å². The van der Waals surface area contributed by atoms with Crippen LogP contribution in [0.3, 0.4) is 0 Å². The Bertz CT molecular complexity index is 587. The minimum absolute atomic E-state index is 0.0874. The lowest BCUT2D eigenvalue weighted by Gasteiger charge is -2.55. The molecule has 0 aromatic heterocycles. The Labute approximate surface area is 133 Å². The van der Waals surface area contributed by atoms with Crippen LogP contribution in [0.1, 0.15) is 59.3 Å². The number of aliphatic hydroxyl groups excluding tert-OH is 1. The van der Waals surface area contributed by atoms with Crippen LogP contribution in [0.25, 0.3) is 0 Å². The maximum Gasteiger partial charge on any atom is 0.155 e. The molecule has 6 atom stereocenters. The molecule has 0 unspecified atom stereocenters. The number of carbonyl (C=O) groups excluding carboxylic acids is 1. The molecule has 0 radical (unpaired) electrons. The van der Waals surface area contributed by atoms with E-state index >= 15 is 0 Å². The number of aliphatic hydroxyl groups is 1. The molecule has 2 fully saturated rings. The van der Waals surface area contributed by atoms with Crippen molar-refractivity contribution < 1.29 is 9.90 Å². The fourth-order valence-corrected chi connectivity index (χ4v) is 6.23. The quantitative estimate of drug-likeness (QED) is 0.685. The Morgan fingerprint density at radius 2 is 1.91 bits per heavy atom. The average Bonchev–Trinajstić information content (AvgIpc) is 2.77. The molecular formula is C20H28O2. The van der Waals surface area contributed by atoms with Gasteiger partial charge in [0.2, 0.25) is 0 Å². The molecule has 0 spiro atoms. The van der Waals surface area contributed by atoms with Gasteiger partial charge in [0, 0.05) is 11.8 Å². The van der Waals surface area contributed by atoms with Gasteiger partial charge in [0.1, 0.15) is 0 Å². The van der Waals surface area contributed by atoms with Crippen molar-refractivity contribution in [2.45, 2.75) is 65.4 Å². The Hall–Kier alpha value is -0.890. The van der Waals surface area contributed by atoms with Crippen LogP contribution < -0.4 is 0 Å². The third-order valence-electron chi connectivity index (χ3n) is 7.63. The first-order chi connectivity index (χ1) is 10.4. The average molecular weight is 300 g/mol. The summed E-state index contributed by atoms with van der Waals surface area (Å²) in [7, 11) is 0. The van der Waals surface area contributed by atoms with Crippen LogP contribution >= 0.6 is 0 Å². The summed E-state index contributed by atoms with van der Waals surface area (Å²) < 4.78 is 0. The molecule has 2 saturated carbocycles. The van der Waals surface area contributed by atoms with Gasteiger partial charge in [0.25, 0.3) is 0 Å². The fourth-order valence-electron chi connectivity index (χ4n) is 6.23. The number of hydrogen-bond acceptors (Lipinski definition) is 2. The van der Waals surface area contributed by atoms with Crippen molar-refractivity contribution in [2.75, 3.05) is 0 Å². The van der Waals surface area contributed by atoms with Gasteiger partial charge in [-0.25, -0.2) is 0 Å². The summed E-state index contributed by atoms with van der Waals surface area (Å²) in [5.74, 6) is 1.83. The highest BCUT2D eigenvalue weighted by molar-refractivity contribution is 5.92. The topological polar surface area (TPSA) is 37.3 Å². The summed E-state index contributed by atoms with van der Waals surface area (Å²) in [4.78, 5) is 11.9. The van der Waals surface area contributed by atoms with Crippen molar-refractivity contribution in [1.29, 1.82) is 0 Å². The second kappa shape index (κ2) is 4.56. The number of carbonyl (C=O) groups is 1. The smallest absolute Gasteiger partial charge is 0.155 e. The molecule has 4 aliphatic rings. The number of rotatable bonds is 0. The van der Waals surface area contributed by atoms with Crippen molar-refractivity contribution in [1.82, 2.24) is 0 Å². The van der Waals surface area contributed by atoms with E-state index < -0.39 is 0 Å². The number of hydrogen-bond donors (Lipinski definition) is 1. The van der Waals surface area contributed by atoms with Crippen LogP contribution in [0.2, 0.25) is 0 Å². The van der Waals surface area contributed by atoms with Crippen LogP contribution in [0.4, 0.5) is 0 Å². The Balaban J connectivity index is 1.81. The third kappa shape index (κ3) is 1.73. The summed E-state index contributed by atoms with van der Waals surface area (Å²) in [6.45, 7) is 6.95. The van der Waals surface area contributed by atoms with Gasteiger partial charge in [-0.1, -0.05) is 38.0 Å². The predicted octanol–water partition coefficient (Wildman–Crippen LogP) is 4.05. The van der Waals surface area contributed by atoms with Crippen LogP contribution in [0.5, 0.6) is 0 Å². The number of ketones is 1. The zero-order valence-corrected chi connectivity index (χ0v) is 14.1. The molecule has 2 heteroatoms. The van der Waals surface area contributed by atoms with E-state index in [-0.39, 0.29) is 16.9 Å². The molecular weight excluding hydrogens is 272 g/mol. The van der Waals surface area contributed by atoms with E-state index in [0.29, 0.717) is 30.0 Å². The zero-order valence-electron chi connectivity index (χ0n) is 14.1. The van der Waals surface area contributed by atoms with Crippen LogP contribution in [0, 0.1) is 28.6 Å². The van der Waals surface area contributed by atoms with Gasteiger partial charge < -0.3 is 5.11 Å². The highest BCUT2D eigenvalue weighted by atomic mass is 16.3. The Morgan fingerprint density at radius 1 is 1.14 bits per heavy atom. The minimum Gasteiger partial charge on any atom is -0.393 e. The summed E-state index contributed by atoms with van der Waals surface area (Å²) in [6, 6.07) is 0. The summed E-state index contributed by atoms with van der Waals surface area (Å²) in [5, 5.41) is 10.5. The maximum absolute atomic E-state index is 11.9. The molecule has 2 nitrogen and oxygen atoms in total. The number of allylic oxidation sites excluding steroid dienone is 4. The van der Waals surface area contributed by atoms with Crippen molar-refractivity contribution in [3.05, 3.63) is 23.3 Å². The lowest BCUT2D eigenvalue weighted by molar-refractivity contribution is -0.116.